The summed E-state index contributed by atoms with van der Waals surface area (Å²) in [7, 11) is -3.50. The van der Waals surface area contributed by atoms with Gasteiger partial charge in [0, 0.05) is 42.6 Å². The third-order valence-electron chi connectivity index (χ3n) is 5.48. The van der Waals surface area contributed by atoms with Crippen LogP contribution < -0.4 is 4.72 Å². The van der Waals surface area contributed by atoms with Crippen LogP contribution in [0.4, 0.5) is 0 Å². The number of nitrogens with zero attached hydrogens (tertiary/aromatic N) is 2. The normalized spacial score (nSPS) is 11.8. The summed E-state index contributed by atoms with van der Waals surface area (Å²) in [4.78, 5) is 4.48. The predicted octanol–water partition coefficient (Wildman–Crippen LogP) is 4.50. The van der Waals surface area contributed by atoms with Gasteiger partial charge in [-0.2, -0.15) is 0 Å². The van der Waals surface area contributed by atoms with Gasteiger partial charge in [0.05, 0.1) is 4.90 Å². The Hall–Kier alpha value is -2.96. The van der Waals surface area contributed by atoms with Crippen LogP contribution in [0.2, 0.25) is 0 Å². The standard InChI is InChI=1S/C25H27N3O2S/c1-20-10-12-23(13-11-20)31(29,30)27-16-14-22-19-28(25-9-3-2-8-24(22)25)17-5-7-21-6-4-15-26-18-21/h2-4,6,8-13,15,18-19,27H,5,7,14,16-17H2,1H3. The lowest BCUT2D eigenvalue weighted by Gasteiger charge is -2.07. The number of aryl methyl sites for hydroxylation is 3. The highest BCUT2D eigenvalue weighted by molar-refractivity contribution is 7.89. The van der Waals surface area contributed by atoms with Gasteiger partial charge in [0.1, 0.15) is 0 Å². The molecule has 2 aromatic carbocycles. The zero-order valence-corrected chi connectivity index (χ0v) is 18.5. The van der Waals surface area contributed by atoms with Crippen molar-refractivity contribution in [3.63, 3.8) is 0 Å². The van der Waals surface area contributed by atoms with Crippen LogP contribution in [-0.4, -0.2) is 24.5 Å². The SMILES string of the molecule is Cc1ccc(S(=O)(=O)NCCc2cn(CCCc3cccnc3)c3ccccc23)cc1. The quantitative estimate of drug-likeness (QED) is 0.423. The first-order chi connectivity index (χ1) is 15.0. The summed E-state index contributed by atoms with van der Waals surface area (Å²) in [5.41, 5.74) is 4.62. The van der Waals surface area contributed by atoms with E-state index in [0.29, 0.717) is 17.9 Å². The lowest BCUT2D eigenvalue weighted by atomic mass is 10.1. The third kappa shape index (κ3) is 5.21. The highest BCUT2D eigenvalue weighted by Gasteiger charge is 2.14. The molecule has 160 valence electrons. The molecule has 0 amide bonds. The maximum atomic E-state index is 12.6. The summed E-state index contributed by atoms with van der Waals surface area (Å²) in [5.74, 6) is 0. The van der Waals surface area contributed by atoms with Crippen LogP contribution in [0, 0.1) is 6.92 Å². The molecule has 0 aliphatic heterocycles. The highest BCUT2D eigenvalue weighted by atomic mass is 32.2. The van der Waals surface area contributed by atoms with Gasteiger partial charge in [0.15, 0.2) is 0 Å². The Bertz CT molecular complexity index is 1250. The summed E-state index contributed by atoms with van der Waals surface area (Å²) in [6.45, 7) is 3.21. The molecule has 6 heteroatoms. The molecule has 4 aromatic rings. The smallest absolute Gasteiger partial charge is 0.240 e. The van der Waals surface area contributed by atoms with E-state index in [1.54, 1.807) is 18.3 Å². The molecule has 0 atom stereocenters. The van der Waals surface area contributed by atoms with E-state index >= 15 is 0 Å². The minimum Gasteiger partial charge on any atom is -0.347 e. The van der Waals surface area contributed by atoms with E-state index in [1.807, 2.05) is 43.5 Å². The van der Waals surface area contributed by atoms with E-state index in [-0.39, 0.29) is 0 Å². The number of aromatic nitrogens is 2. The number of rotatable bonds is 9. The molecule has 2 heterocycles. The topological polar surface area (TPSA) is 64.0 Å². The van der Waals surface area contributed by atoms with E-state index in [4.69, 9.17) is 0 Å². The fourth-order valence-electron chi connectivity index (χ4n) is 3.83. The van der Waals surface area contributed by atoms with Crippen LogP contribution >= 0.6 is 0 Å². The van der Waals surface area contributed by atoms with Gasteiger partial charge in [-0.3, -0.25) is 4.98 Å². The van der Waals surface area contributed by atoms with Gasteiger partial charge >= 0.3 is 0 Å². The number of sulfonamides is 1. The van der Waals surface area contributed by atoms with E-state index in [1.165, 1.54) is 16.5 Å². The number of benzene rings is 2. The van der Waals surface area contributed by atoms with Gasteiger partial charge in [0.2, 0.25) is 10.0 Å². The number of hydrogen-bond donors (Lipinski definition) is 1. The van der Waals surface area contributed by atoms with Gasteiger partial charge in [-0.05, 0) is 61.6 Å². The molecule has 0 aliphatic carbocycles. The van der Waals surface area contributed by atoms with Crippen molar-refractivity contribution in [3.05, 3.63) is 95.9 Å². The average Bonchev–Trinajstić information content (AvgIpc) is 3.12. The minimum atomic E-state index is -3.50. The average molecular weight is 434 g/mol. The Morgan fingerprint density at radius 1 is 0.968 bits per heavy atom. The van der Waals surface area contributed by atoms with Gasteiger partial charge < -0.3 is 4.57 Å². The molecule has 5 nitrogen and oxygen atoms in total. The monoisotopic (exact) mass is 433 g/mol. The number of nitrogens with one attached hydrogen (secondary N) is 1. The Morgan fingerprint density at radius 2 is 1.77 bits per heavy atom. The second kappa shape index (κ2) is 9.45. The molecule has 0 radical (unpaired) electrons. The Morgan fingerprint density at radius 3 is 2.55 bits per heavy atom. The van der Waals surface area contributed by atoms with E-state index < -0.39 is 10.0 Å². The van der Waals surface area contributed by atoms with Gasteiger partial charge in [-0.15, -0.1) is 0 Å². The summed E-state index contributed by atoms with van der Waals surface area (Å²) in [5, 5.41) is 1.18. The van der Waals surface area contributed by atoms with E-state index in [0.717, 1.165) is 30.5 Å². The summed E-state index contributed by atoms with van der Waals surface area (Å²) in [6, 6.07) is 19.3. The van der Waals surface area contributed by atoms with Crippen LogP contribution in [0.1, 0.15) is 23.1 Å². The van der Waals surface area contributed by atoms with Crippen LogP contribution in [-0.2, 0) is 29.4 Å². The number of pyridine rings is 1. The molecular weight excluding hydrogens is 406 g/mol. The molecule has 0 saturated carbocycles. The number of para-hydroxylation sites is 1. The maximum Gasteiger partial charge on any atom is 0.240 e. The first-order valence-electron chi connectivity index (χ1n) is 10.5. The zero-order valence-electron chi connectivity index (χ0n) is 17.7. The molecule has 0 saturated heterocycles. The zero-order chi connectivity index (χ0) is 21.7. The highest BCUT2D eigenvalue weighted by Crippen LogP contribution is 2.22. The van der Waals surface area contributed by atoms with Gasteiger partial charge in [-0.1, -0.05) is 42.0 Å². The fourth-order valence-corrected chi connectivity index (χ4v) is 4.86. The molecule has 0 unspecified atom stereocenters. The van der Waals surface area contributed by atoms with Crippen molar-refractivity contribution in [2.75, 3.05) is 6.54 Å². The lowest BCUT2D eigenvalue weighted by molar-refractivity contribution is 0.581. The maximum absolute atomic E-state index is 12.6. The predicted molar refractivity (Wildman–Crippen MR) is 125 cm³/mol. The van der Waals surface area contributed by atoms with Gasteiger partial charge in [-0.25, -0.2) is 13.1 Å². The summed E-state index contributed by atoms with van der Waals surface area (Å²) >= 11 is 0. The molecule has 0 fully saturated rings. The number of hydrogen-bond acceptors (Lipinski definition) is 3. The molecule has 0 bridgehead atoms. The van der Waals surface area contributed by atoms with Crippen molar-refractivity contribution in [3.8, 4) is 0 Å². The Kier molecular flexibility index (Phi) is 6.49. The Balaban J connectivity index is 1.42. The first-order valence-corrected chi connectivity index (χ1v) is 12.0. The largest absolute Gasteiger partial charge is 0.347 e. The second-order valence-corrected chi connectivity index (χ2v) is 9.56. The van der Waals surface area contributed by atoms with Gasteiger partial charge in [0.25, 0.3) is 0 Å². The fraction of sp³-hybridized carbons (Fsp3) is 0.240. The molecule has 31 heavy (non-hydrogen) atoms. The number of fused-ring (bicyclic) bond motifs is 1. The van der Waals surface area contributed by atoms with Crippen LogP contribution in [0.25, 0.3) is 10.9 Å². The minimum absolute atomic E-state index is 0.302. The third-order valence-corrected chi connectivity index (χ3v) is 6.95. The van der Waals surface area contributed by atoms with Crippen molar-refractivity contribution in [1.29, 1.82) is 0 Å². The van der Waals surface area contributed by atoms with Crippen molar-refractivity contribution >= 4 is 20.9 Å². The van der Waals surface area contributed by atoms with Crippen molar-refractivity contribution < 1.29 is 8.42 Å². The lowest BCUT2D eigenvalue weighted by Crippen LogP contribution is -2.25. The Labute approximate surface area is 183 Å². The van der Waals surface area contributed by atoms with Crippen LogP contribution in [0.3, 0.4) is 0 Å². The van der Waals surface area contributed by atoms with E-state index in [9.17, 15) is 8.42 Å². The van der Waals surface area contributed by atoms with Crippen LogP contribution in [0.15, 0.2) is 84.1 Å². The second-order valence-electron chi connectivity index (χ2n) is 7.79. The summed E-state index contributed by atoms with van der Waals surface area (Å²) in [6.07, 6.45) is 8.51. The molecule has 0 aliphatic rings. The molecule has 1 N–H and O–H groups in total. The molecule has 0 spiro atoms. The molecule has 2 aromatic heterocycles. The summed E-state index contributed by atoms with van der Waals surface area (Å²) < 4.78 is 30.1. The molecular formula is C25H27N3O2S. The molecule has 4 rings (SSSR count). The first kappa shape index (κ1) is 21.3. The van der Waals surface area contributed by atoms with Crippen LogP contribution in [0.5, 0.6) is 0 Å². The van der Waals surface area contributed by atoms with E-state index in [2.05, 4.69) is 38.7 Å². The van der Waals surface area contributed by atoms with Crippen molar-refractivity contribution in [2.45, 2.75) is 37.6 Å². The van der Waals surface area contributed by atoms with Crippen molar-refractivity contribution in [1.82, 2.24) is 14.3 Å². The van der Waals surface area contributed by atoms with Crippen molar-refractivity contribution in [2.24, 2.45) is 0 Å².